The third kappa shape index (κ3) is 4.95. The lowest BCUT2D eigenvalue weighted by Crippen LogP contribution is -2.27. The number of nitrogens with one attached hydrogen (secondary N) is 2. The maximum Gasteiger partial charge on any atom is 0.257 e. The number of ether oxygens (including phenoxy) is 2. The molecule has 1 aromatic carbocycles. The number of hydrogen-bond acceptors (Lipinski definition) is 5. The number of aromatic nitrogens is 1. The lowest BCUT2D eigenvalue weighted by molar-refractivity contribution is 0.0948. The van der Waals surface area contributed by atoms with Gasteiger partial charge in [0.2, 0.25) is 0 Å². The Morgan fingerprint density at radius 3 is 2.35 bits per heavy atom. The molecule has 0 saturated carbocycles. The summed E-state index contributed by atoms with van der Waals surface area (Å²) in [6.45, 7) is 4.56. The minimum Gasteiger partial charge on any atom is -0.497 e. The smallest absolute Gasteiger partial charge is 0.257 e. The summed E-state index contributed by atoms with van der Waals surface area (Å²) in [5, 5.41) is 5.55. The number of anilines is 1. The van der Waals surface area contributed by atoms with E-state index in [9.17, 15) is 9.59 Å². The van der Waals surface area contributed by atoms with Gasteiger partial charge in [0, 0.05) is 25.0 Å². The predicted octanol–water partition coefficient (Wildman–Crippen LogP) is 2.74. The number of rotatable bonds is 7. The SMILES string of the molecule is COc1ccc(OC)c(NC(=O)c2cncc(C(=O)NCC(C)C)c2)c1. The van der Waals surface area contributed by atoms with Crippen molar-refractivity contribution in [1.82, 2.24) is 10.3 Å². The van der Waals surface area contributed by atoms with Crippen LogP contribution in [0.4, 0.5) is 5.69 Å². The molecule has 0 spiro atoms. The lowest BCUT2D eigenvalue weighted by atomic mass is 10.1. The predicted molar refractivity (Wildman–Crippen MR) is 98.9 cm³/mol. The number of amides is 2. The Balaban J connectivity index is 2.18. The maximum atomic E-state index is 12.5. The van der Waals surface area contributed by atoms with Crippen molar-refractivity contribution in [3.63, 3.8) is 0 Å². The van der Waals surface area contributed by atoms with Gasteiger partial charge in [0.05, 0.1) is 31.0 Å². The highest BCUT2D eigenvalue weighted by Gasteiger charge is 2.14. The summed E-state index contributed by atoms with van der Waals surface area (Å²) in [5.74, 6) is 0.750. The molecule has 0 unspecified atom stereocenters. The zero-order valence-corrected chi connectivity index (χ0v) is 15.3. The number of carbonyl (C=O) groups excluding carboxylic acids is 2. The van der Waals surface area contributed by atoms with Gasteiger partial charge in [-0.15, -0.1) is 0 Å². The number of carbonyl (C=O) groups is 2. The molecule has 0 saturated heterocycles. The van der Waals surface area contributed by atoms with Crippen LogP contribution in [0, 0.1) is 5.92 Å². The first kappa shape index (κ1) is 19.2. The Morgan fingerprint density at radius 2 is 1.73 bits per heavy atom. The molecule has 2 amide bonds. The summed E-state index contributed by atoms with van der Waals surface area (Å²) in [5.41, 5.74) is 1.06. The molecule has 1 aromatic heterocycles. The minimum atomic E-state index is -0.400. The number of pyridine rings is 1. The summed E-state index contributed by atoms with van der Waals surface area (Å²) in [7, 11) is 3.05. The van der Waals surface area contributed by atoms with Crippen LogP contribution in [-0.2, 0) is 0 Å². The van der Waals surface area contributed by atoms with Crippen LogP contribution in [0.2, 0.25) is 0 Å². The third-order valence-electron chi connectivity index (χ3n) is 3.59. The van der Waals surface area contributed by atoms with Gasteiger partial charge in [-0.25, -0.2) is 0 Å². The minimum absolute atomic E-state index is 0.264. The van der Waals surface area contributed by atoms with Gasteiger partial charge in [-0.1, -0.05) is 13.8 Å². The van der Waals surface area contributed by atoms with E-state index < -0.39 is 5.91 Å². The van der Waals surface area contributed by atoms with E-state index in [-0.39, 0.29) is 11.5 Å². The second-order valence-corrected chi connectivity index (χ2v) is 6.09. The van der Waals surface area contributed by atoms with E-state index in [0.29, 0.717) is 35.2 Å². The summed E-state index contributed by atoms with van der Waals surface area (Å²) in [6, 6.07) is 6.59. The molecule has 2 aromatic rings. The van der Waals surface area contributed by atoms with Crippen molar-refractivity contribution >= 4 is 17.5 Å². The molecule has 0 bridgehead atoms. The normalized spacial score (nSPS) is 10.3. The molecule has 0 atom stereocenters. The molecule has 0 aliphatic heterocycles. The van der Waals surface area contributed by atoms with Crippen LogP contribution in [0.15, 0.2) is 36.7 Å². The van der Waals surface area contributed by atoms with Crippen molar-refractivity contribution in [1.29, 1.82) is 0 Å². The number of nitrogens with zero attached hydrogens (tertiary/aromatic N) is 1. The first-order valence-electron chi connectivity index (χ1n) is 8.21. The molecule has 0 fully saturated rings. The zero-order valence-electron chi connectivity index (χ0n) is 15.3. The Bertz CT molecular complexity index is 790. The fourth-order valence-corrected chi connectivity index (χ4v) is 2.19. The molecule has 138 valence electrons. The molecule has 26 heavy (non-hydrogen) atoms. The van der Waals surface area contributed by atoms with Gasteiger partial charge < -0.3 is 20.1 Å². The number of hydrogen-bond donors (Lipinski definition) is 2. The second-order valence-electron chi connectivity index (χ2n) is 6.09. The van der Waals surface area contributed by atoms with Crippen molar-refractivity contribution in [3.8, 4) is 11.5 Å². The third-order valence-corrected chi connectivity index (χ3v) is 3.59. The van der Waals surface area contributed by atoms with E-state index >= 15 is 0 Å². The standard InChI is InChI=1S/C19H23N3O4/c1-12(2)9-21-18(23)13-7-14(11-20-10-13)19(24)22-16-8-15(25-3)5-6-17(16)26-4/h5-8,10-12H,9H2,1-4H3,(H,21,23)(H,22,24). The summed E-state index contributed by atoms with van der Waals surface area (Å²) in [6.07, 6.45) is 2.83. The van der Waals surface area contributed by atoms with Crippen LogP contribution in [-0.4, -0.2) is 37.6 Å². The number of benzene rings is 1. The van der Waals surface area contributed by atoms with E-state index in [4.69, 9.17) is 9.47 Å². The summed E-state index contributed by atoms with van der Waals surface area (Å²) in [4.78, 5) is 28.7. The fourth-order valence-electron chi connectivity index (χ4n) is 2.19. The highest BCUT2D eigenvalue weighted by Crippen LogP contribution is 2.29. The van der Waals surface area contributed by atoms with E-state index in [1.165, 1.54) is 32.7 Å². The molecule has 2 N–H and O–H groups in total. The monoisotopic (exact) mass is 357 g/mol. The van der Waals surface area contributed by atoms with Crippen LogP contribution in [0.3, 0.4) is 0 Å². The van der Waals surface area contributed by atoms with Crippen LogP contribution >= 0.6 is 0 Å². The summed E-state index contributed by atoms with van der Waals surface area (Å²) >= 11 is 0. The molecule has 0 aliphatic carbocycles. The van der Waals surface area contributed by atoms with Gasteiger partial charge in [0.25, 0.3) is 11.8 Å². The van der Waals surface area contributed by atoms with E-state index in [0.717, 1.165) is 0 Å². The molecule has 1 heterocycles. The van der Waals surface area contributed by atoms with Crippen LogP contribution in [0.5, 0.6) is 11.5 Å². The summed E-state index contributed by atoms with van der Waals surface area (Å²) < 4.78 is 10.4. The quantitative estimate of drug-likeness (QED) is 0.795. The van der Waals surface area contributed by atoms with Gasteiger partial charge in [-0.05, 0) is 24.1 Å². The van der Waals surface area contributed by atoms with E-state index in [1.807, 2.05) is 13.8 Å². The molecule has 7 nitrogen and oxygen atoms in total. The molecule has 7 heteroatoms. The van der Waals surface area contributed by atoms with Gasteiger partial charge in [-0.2, -0.15) is 0 Å². The first-order chi connectivity index (χ1) is 12.4. The van der Waals surface area contributed by atoms with Crippen molar-refractivity contribution in [2.45, 2.75) is 13.8 Å². The van der Waals surface area contributed by atoms with Crippen molar-refractivity contribution in [3.05, 3.63) is 47.8 Å². The van der Waals surface area contributed by atoms with Crippen molar-refractivity contribution in [2.75, 3.05) is 26.1 Å². The molecular weight excluding hydrogens is 334 g/mol. The Hall–Kier alpha value is -3.09. The molecule has 0 aliphatic rings. The Labute approximate surface area is 152 Å². The Kier molecular flexibility index (Phi) is 6.54. The van der Waals surface area contributed by atoms with Gasteiger partial charge in [0.15, 0.2) is 0 Å². The average molecular weight is 357 g/mol. The second kappa shape index (κ2) is 8.84. The van der Waals surface area contributed by atoms with E-state index in [1.54, 1.807) is 18.2 Å². The lowest BCUT2D eigenvalue weighted by Gasteiger charge is -2.12. The molecule has 2 rings (SSSR count). The van der Waals surface area contributed by atoms with Gasteiger partial charge in [0.1, 0.15) is 11.5 Å². The van der Waals surface area contributed by atoms with Gasteiger partial charge >= 0.3 is 0 Å². The molecule has 0 radical (unpaired) electrons. The van der Waals surface area contributed by atoms with Gasteiger partial charge in [-0.3, -0.25) is 14.6 Å². The fraction of sp³-hybridized carbons (Fsp3) is 0.316. The van der Waals surface area contributed by atoms with Crippen LogP contribution < -0.4 is 20.1 Å². The average Bonchev–Trinajstić information content (AvgIpc) is 2.65. The molecular formula is C19H23N3O4. The number of methoxy groups -OCH3 is 2. The van der Waals surface area contributed by atoms with Crippen molar-refractivity contribution < 1.29 is 19.1 Å². The largest absolute Gasteiger partial charge is 0.497 e. The van der Waals surface area contributed by atoms with E-state index in [2.05, 4.69) is 15.6 Å². The topological polar surface area (TPSA) is 89.6 Å². The van der Waals surface area contributed by atoms with Crippen LogP contribution in [0.25, 0.3) is 0 Å². The Morgan fingerprint density at radius 1 is 1.04 bits per heavy atom. The maximum absolute atomic E-state index is 12.5. The highest BCUT2D eigenvalue weighted by atomic mass is 16.5. The first-order valence-corrected chi connectivity index (χ1v) is 8.21. The highest BCUT2D eigenvalue weighted by molar-refractivity contribution is 6.06. The zero-order chi connectivity index (χ0) is 19.1. The van der Waals surface area contributed by atoms with Crippen LogP contribution in [0.1, 0.15) is 34.6 Å². The van der Waals surface area contributed by atoms with Crippen molar-refractivity contribution in [2.24, 2.45) is 5.92 Å².